The number of benzene rings is 1. The topological polar surface area (TPSA) is 59.1 Å². The fourth-order valence-electron chi connectivity index (χ4n) is 1.41. The molecule has 0 aliphatic carbocycles. The Balaban J connectivity index is 3.00. The van der Waals surface area contributed by atoms with E-state index in [-0.39, 0.29) is 17.1 Å². The molecular formula is C12H14F4N2OS. The van der Waals surface area contributed by atoms with Crippen LogP contribution in [0.2, 0.25) is 0 Å². The van der Waals surface area contributed by atoms with Gasteiger partial charge in [0.2, 0.25) is 0 Å². The molecule has 0 spiro atoms. The van der Waals surface area contributed by atoms with Gasteiger partial charge in [0.25, 0.3) is 0 Å². The summed E-state index contributed by atoms with van der Waals surface area (Å²) in [4.78, 5) is 0.581. The normalized spacial score (nSPS) is 11.7. The van der Waals surface area contributed by atoms with E-state index in [1.54, 1.807) is 6.07 Å². The number of nitrogen functional groups attached to an aromatic ring is 1. The number of rotatable bonds is 7. The molecule has 0 atom stereocenters. The molecule has 0 saturated heterocycles. The van der Waals surface area contributed by atoms with Gasteiger partial charge in [-0.2, -0.15) is 8.78 Å². The lowest BCUT2D eigenvalue weighted by atomic mass is 10.2. The Hall–Kier alpha value is -1.44. The van der Waals surface area contributed by atoms with Gasteiger partial charge >= 0.3 is 12.3 Å². The Morgan fingerprint density at radius 2 is 2.10 bits per heavy atom. The van der Waals surface area contributed by atoms with Gasteiger partial charge in [-0.1, -0.05) is 13.0 Å². The minimum absolute atomic E-state index is 0.101. The standard InChI is InChI=1S/C12H14F4N2OS/c1-2-20-8-5-3-4-7(9(8)10(17)18)19-6-12(15,16)11(13)14/h3-5,11H,2,6H2,1H3,(H3,17,18). The zero-order valence-electron chi connectivity index (χ0n) is 10.6. The average Bonchev–Trinajstić information content (AvgIpc) is 2.36. The quantitative estimate of drug-likeness (QED) is 0.351. The molecule has 1 aromatic carbocycles. The maximum atomic E-state index is 12.8. The number of nitrogens with two attached hydrogens (primary N) is 1. The van der Waals surface area contributed by atoms with E-state index in [9.17, 15) is 17.6 Å². The van der Waals surface area contributed by atoms with Crippen LogP contribution in [0.15, 0.2) is 23.1 Å². The molecular weight excluding hydrogens is 296 g/mol. The van der Waals surface area contributed by atoms with Crippen LogP contribution >= 0.6 is 11.8 Å². The summed E-state index contributed by atoms with van der Waals surface area (Å²) < 4.78 is 54.6. The Kier molecular flexibility index (Phi) is 5.67. The highest BCUT2D eigenvalue weighted by Gasteiger charge is 2.42. The van der Waals surface area contributed by atoms with E-state index in [0.717, 1.165) is 0 Å². The summed E-state index contributed by atoms with van der Waals surface area (Å²) in [5.74, 6) is -4.04. The number of hydrogen-bond donors (Lipinski definition) is 2. The van der Waals surface area contributed by atoms with E-state index >= 15 is 0 Å². The van der Waals surface area contributed by atoms with E-state index in [0.29, 0.717) is 10.6 Å². The highest BCUT2D eigenvalue weighted by molar-refractivity contribution is 7.99. The second kappa shape index (κ2) is 6.83. The maximum absolute atomic E-state index is 12.8. The summed E-state index contributed by atoms with van der Waals surface area (Å²) in [5.41, 5.74) is 5.54. The molecule has 0 aromatic heterocycles. The number of amidine groups is 1. The van der Waals surface area contributed by atoms with Crippen molar-refractivity contribution in [2.45, 2.75) is 24.2 Å². The van der Waals surface area contributed by atoms with Gasteiger partial charge in [0.1, 0.15) is 11.6 Å². The molecule has 0 radical (unpaired) electrons. The van der Waals surface area contributed by atoms with E-state index in [1.807, 2.05) is 6.92 Å². The number of hydrogen-bond acceptors (Lipinski definition) is 3. The summed E-state index contributed by atoms with van der Waals surface area (Å²) in [6.07, 6.45) is -3.81. The molecule has 8 heteroatoms. The van der Waals surface area contributed by atoms with Crippen LogP contribution in [-0.4, -0.2) is 30.5 Å². The highest BCUT2D eigenvalue weighted by atomic mass is 32.2. The van der Waals surface area contributed by atoms with Crippen molar-refractivity contribution in [2.75, 3.05) is 12.4 Å². The number of halogens is 4. The first-order chi connectivity index (χ1) is 9.29. The van der Waals surface area contributed by atoms with Gasteiger partial charge in [0.05, 0.1) is 5.56 Å². The predicted octanol–water partition coefficient (Wildman–Crippen LogP) is 3.36. The fourth-order valence-corrected chi connectivity index (χ4v) is 2.25. The Labute approximate surface area is 118 Å². The van der Waals surface area contributed by atoms with Gasteiger partial charge in [0, 0.05) is 4.90 Å². The number of thioether (sulfide) groups is 1. The molecule has 3 nitrogen and oxygen atoms in total. The predicted molar refractivity (Wildman–Crippen MR) is 70.3 cm³/mol. The summed E-state index contributed by atoms with van der Waals surface area (Å²) >= 11 is 1.35. The molecule has 1 aromatic rings. The first-order valence-electron chi connectivity index (χ1n) is 5.68. The third kappa shape index (κ3) is 4.03. The van der Waals surface area contributed by atoms with Crippen molar-refractivity contribution < 1.29 is 22.3 Å². The molecule has 0 bridgehead atoms. The van der Waals surface area contributed by atoms with E-state index < -0.39 is 19.0 Å². The third-order valence-corrected chi connectivity index (χ3v) is 3.24. The van der Waals surface area contributed by atoms with E-state index in [4.69, 9.17) is 15.9 Å². The lowest BCUT2D eigenvalue weighted by Gasteiger charge is -2.18. The van der Waals surface area contributed by atoms with E-state index in [2.05, 4.69) is 0 Å². The van der Waals surface area contributed by atoms with Crippen LogP contribution in [0.5, 0.6) is 5.75 Å². The summed E-state index contributed by atoms with van der Waals surface area (Å²) in [6.45, 7) is 0.401. The van der Waals surface area contributed by atoms with Gasteiger partial charge < -0.3 is 10.5 Å². The minimum Gasteiger partial charge on any atom is -0.486 e. The van der Waals surface area contributed by atoms with Crippen molar-refractivity contribution in [1.82, 2.24) is 0 Å². The maximum Gasteiger partial charge on any atom is 0.340 e. The number of nitrogens with one attached hydrogen (secondary N) is 1. The summed E-state index contributed by atoms with van der Waals surface area (Å²) in [5, 5.41) is 7.46. The summed E-state index contributed by atoms with van der Waals surface area (Å²) in [7, 11) is 0. The van der Waals surface area contributed by atoms with Crippen LogP contribution in [0.1, 0.15) is 12.5 Å². The number of alkyl halides is 4. The smallest absolute Gasteiger partial charge is 0.340 e. The van der Waals surface area contributed by atoms with Crippen molar-refractivity contribution in [3.8, 4) is 5.75 Å². The van der Waals surface area contributed by atoms with Crippen molar-refractivity contribution in [3.05, 3.63) is 23.8 Å². The summed E-state index contributed by atoms with van der Waals surface area (Å²) in [6, 6.07) is 4.50. The molecule has 20 heavy (non-hydrogen) atoms. The molecule has 3 N–H and O–H groups in total. The Bertz CT molecular complexity index is 483. The first-order valence-corrected chi connectivity index (χ1v) is 6.67. The lowest BCUT2D eigenvalue weighted by Crippen LogP contribution is -2.34. The van der Waals surface area contributed by atoms with Crippen LogP contribution in [0.25, 0.3) is 0 Å². The molecule has 0 saturated carbocycles. The van der Waals surface area contributed by atoms with Gasteiger partial charge in [0.15, 0.2) is 6.61 Å². The van der Waals surface area contributed by atoms with Gasteiger partial charge in [-0.3, -0.25) is 5.41 Å². The molecule has 0 unspecified atom stereocenters. The van der Waals surface area contributed by atoms with Crippen LogP contribution in [0.4, 0.5) is 17.6 Å². The van der Waals surface area contributed by atoms with Crippen LogP contribution in [0.3, 0.4) is 0 Å². The van der Waals surface area contributed by atoms with Crippen LogP contribution in [0, 0.1) is 5.41 Å². The Morgan fingerprint density at radius 1 is 1.45 bits per heavy atom. The van der Waals surface area contributed by atoms with Gasteiger partial charge in [-0.25, -0.2) is 8.78 Å². The molecule has 1 rings (SSSR count). The van der Waals surface area contributed by atoms with Crippen LogP contribution in [-0.2, 0) is 0 Å². The minimum atomic E-state index is -4.25. The van der Waals surface area contributed by atoms with Crippen molar-refractivity contribution in [3.63, 3.8) is 0 Å². The van der Waals surface area contributed by atoms with Crippen LogP contribution < -0.4 is 10.5 Å². The monoisotopic (exact) mass is 310 g/mol. The second-order valence-electron chi connectivity index (χ2n) is 3.83. The third-order valence-electron chi connectivity index (χ3n) is 2.30. The molecule has 0 aliphatic heterocycles. The molecule has 0 amide bonds. The zero-order valence-corrected chi connectivity index (χ0v) is 11.4. The largest absolute Gasteiger partial charge is 0.486 e. The molecule has 112 valence electrons. The molecule has 0 heterocycles. The molecule has 0 aliphatic rings. The second-order valence-corrected chi connectivity index (χ2v) is 5.13. The first kappa shape index (κ1) is 16.6. The van der Waals surface area contributed by atoms with Gasteiger partial charge in [-0.15, -0.1) is 11.8 Å². The fraction of sp³-hybridized carbons (Fsp3) is 0.417. The average molecular weight is 310 g/mol. The van der Waals surface area contributed by atoms with E-state index in [1.165, 1.54) is 23.9 Å². The zero-order chi connectivity index (χ0) is 15.3. The molecule has 0 fully saturated rings. The van der Waals surface area contributed by atoms with Crippen molar-refractivity contribution >= 4 is 17.6 Å². The van der Waals surface area contributed by atoms with Crippen molar-refractivity contribution in [1.29, 1.82) is 5.41 Å². The van der Waals surface area contributed by atoms with Gasteiger partial charge in [-0.05, 0) is 17.9 Å². The SMILES string of the molecule is CCSc1cccc(OCC(F)(F)C(F)F)c1C(=N)N. The number of ether oxygens (including phenoxy) is 1. The lowest BCUT2D eigenvalue weighted by molar-refractivity contribution is -0.148. The van der Waals surface area contributed by atoms with Crippen molar-refractivity contribution in [2.24, 2.45) is 5.73 Å². The highest BCUT2D eigenvalue weighted by Crippen LogP contribution is 2.31. The Morgan fingerprint density at radius 3 is 2.60 bits per heavy atom.